The molecule has 1 fully saturated rings. The first-order chi connectivity index (χ1) is 18.2. The number of hydrogen-bond acceptors (Lipinski definition) is 13. The van der Waals surface area contributed by atoms with E-state index in [1.165, 1.54) is 24.1 Å². The molecule has 2 aliphatic rings. The van der Waals surface area contributed by atoms with Crippen LogP contribution in [0.15, 0.2) is 21.8 Å². The average molecular weight is 584 g/mol. The number of nitrogen functional groups attached to an aromatic ring is 1. The van der Waals surface area contributed by atoms with Crippen molar-refractivity contribution >= 4 is 63.7 Å². The van der Waals surface area contributed by atoms with Gasteiger partial charge >= 0.3 is 17.9 Å². The molecule has 16 heteroatoms. The second-order valence-corrected chi connectivity index (χ2v) is 11.6. The first-order valence-electron chi connectivity index (χ1n) is 11.7. The quantitative estimate of drug-likeness (QED) is 0.152. The fourth-order valence-corrected chi connectivity index (χ4v) is 5.47. The van der Waals surface area contributed by atoms with E-state index in [0.717, 1.165) is 16.2 Å². The minimum atomic E-state index is -1.35. The van der Waals surface area contributed by atoms with Gasteiger partial charge in [-0.15, -0.1) is 23.1 Å². The number of anilines is 1. The largest absolute Gasteiger partial charge is 0.477 e. The normalized spacial score (nSPS) is 20.0. The number of carbonyl (C=O) groups is 5. The van der Waals surface area contributed by atoms with Crippen LogP contribution in [0.4, 0.5) is 5.13 Å². The van der Waals surface area contributed by atoms with Crippen molar-refractivity contribution in [3.63, 3.8) is 0 Å². The molecule has 3 rings (SSSR count). The first kappa shape index (κ1) is 29.9. The molecular weight excluding hydrogens is 554 g/mol. The smallest absolute Gasteiger partial charge is 0.352 e. The van der Waals surface area contributed by atoms with Crippen LogP contribution >= 0.6 is 23.1 Å². The molecule has 1 saturated heterocycles. The van der Waals surface area contributed by atoms with Gasteiger partial charge in [0.15, 0.2) is 10.8 Å². The summed E-state index contributed by atoms with van der Waals surface area (Å²) in [4.78, 5) is 71.8. The van der Waals surface area contributed by atoms with Gasteiger partial charge in [-0.2, -0.15) is 0 Å². The molecule has 2 aliphatic heterocycles. The van der Waals surface area contributed by atoms with Gasteiger partial charge in [-0.3, -0.25) is 24.1 Å². The lowest BCUT2D eigenvalue weighted by molar-refractivity contribution is -0.157. The number of carboxylic acid groups (broad SMARTS) is 1. The molecule has 0 aliphatic carbocycles. The van der Waals surface area contributed by atoms with E-state index in [4.69, 9.17) is 20.0 Å². The number of ether oxygens (including phenoxy) is 2. The molecule has 4 N–H and O–H groups in total. The highest BCUT2D eigenvalue weighted by molar-refractivity contribution is 8.00. The summed E-state index contributed by atoms with van der Waals surface area (Å²) in [6.45, 7) is 7.68. The topological polar surface area (TPSA) is 200 Å². The molecule has 2 unspecified atom stereocenters. The lowest BCUT2D eigenvalue weighted by Crippen LogP contribution is -2.71. The van der Waals surface area contributed by atoms with Crippen LogP contribution in [-0.2, 0) is 38.3 Å². The maximum Gasteiger partial charge on any atom is 0.352 e. The van der Waals surface area contributed by atoms with Gasteiger partial charge in [-0.1, -0.05) is 5.16 Å². The predicted octanol–water partition coefficient (Wildman–Crippen LogP) is 0.868. The van der Waals surface area contributed by atoms with Gasteiger partial charge in [0, 0.05) is 23.6 Å². The molecule has 0 spiro atoms. The van der Waals surface area contributed by atoms with Crippen molar-refractivity contribution in [3.8, 4) is 0 Å². The number of carboxylic acids is 1. The van der Waals surface area contributed by atoms with Gasteiger partial charge in [0.05, 0.1) is 6.42 Å². The Morgan fingerprint density at radius 1 is 1.33 bits per heavy atom. The second-order valence-electron chi connectivity index (χ2n) is 9.62. The maximum absolute atomic E-state index is 13.2. The highest BCUT2D eigenvalue weighted by atomic mass is 32.2. The summed E-state index contributed by atoms with van der Waals surface area (Å²) >= 11 is 2.27. The molecule has 3 heterocycles. The Morgan fingerprint density at radius 2 is 2.03 bits per heavy atom. The highest BCUT2D eigenvalue weighted by Gasteiger charge is 2.54. The lowest BCUT2D eigenvalue weighted by atomic mass is 10.0. The number of aliphatic carboxylic acids is 1. The number of nitrogens with two attached hydrogens (primary N) is 1. The molecule has 2 amide bonds. The Hall–Kier alpha value is -3.66. The van der Waals surface area contributed by atoms with Gasteiger partial charge in [0.25, 0.3) is 11.8 Å². The molecular formula is C23H29N5O9S2. The first-order valence-corrected chi connectivity index (χ1v) is 13.6. The number of aromatic nitrogens is 1. The Labute approximate surface area is 231 Å². The predicted molar refractivity (Wildman–Crippen MR) is 140 cm³/mol. The molecule has 0 aromatic carbocycles. The number of rotatable bonds is 10. The van der Waals surface area contributed by atoms with Crippen molar-refractivity contribution in [1.82, 2.24) is 15.2 Å². The number of hydrogen-bond donors (Lipinski definition) is 3. The minimum Gasteiger partial charge on any atom is -0.477 e. The van der Waals surface area contributed by atoms with Crippen LogP contribution in [0.5, 0.6) is 0 Å². The standard InChI is InChI=1S/C23H29N5O9S2/c1-10(6-14(30)36-23(3,4)5)37-27-15(13-9-39-22(24)25-13)18(31)26-16-19(32)28-17(21(33)34)12(7-35-11(2)29)8-38-20(16)28/h9-10,16,20H,6-8H2,1-5H3,(H2,24,25)(H,26,31)(H,33,34)/t10?,16?,20-/m0/s1. The Kier molecular flexibility index (Phi) is 9.22. The van der Waals surface area contributed by atoms with E-state index in [9.17, 15) is 29.1 Å². The van der Waals surface area contributed by atoms with Gasteiger partial charge < -0.3 is 30.5 Å². The van der Waals surface area contributed by atoms with Crippen LogP contribution in [0.3, 0.4) is 0 Å². The Bertz CT molecular complexity index is 1240. The van der Waals surface area contributed by atoms with Crippen molar-refractivity contribution in [3.05, 3.63) is 22.3 Å². The number of amides is 2. The Balaban J connectivity index is 1.74. The summed E-state index contributed by atoms with van der Waals surface area (Å²) in [6.07, 6.45) is -0.892. The zero-order valence-corrected chi connectivity index (χ0v) is 23.5. The maximum atomic E-state index is 13.2. The summed E-state index contributed by atoms with van der Waals surface area (Å²) in [5.74, 6) is -3.75. The zero-order valence-electron chi connectivity index (χ0n) is 21.9. The number of thioether (sulfide) groups is 1. The van der Waals surface area contributed by atoms with E-state index in [1.807, 2.05) is 0 Å². The minimum absolute atomic E-state index is 0.0918. The summed E-state index contributed by atoms with van der Waals surface area (Å²) < 4.78 is 10.2. The van der Waals surface area contributed by atoms with E-state index in [2.05, 4.69) is 15.5 Å². The van der Waals surface area contributed by atoms with Crippen LogP contribution in [0.1, 0.15) is 46.7 Å². The summed E-state index contributed by atoms with van der Waals surface area (Å²) in [7, 11) is 0. The second kappa shape index (κ2) is 12.0. The fraction of sp³-hybridized carbons (Fsp3) is 0.522. The fourth-order valence-electron chi connectivity index (χ4n) is 3.59. The van der Waals surface area contributed by atoms with Gasteiger partial charge in [-0.25, -0.2) is 9.78 Å². The zero-order chi connectivity index (χ0) is 29.1. The van der Waals surface area contributed by atoms with Crippen molar-refractivity contribution < 1.29 is 43.4 Å². The molecule has 39 heavy (non-hydrogen) atoms. The van der Waals surface area contributed by atoms with Crippen LogP contribution in [0.2, 0.25) is 0 Å². The molecule has 0 saturated carbocycles. The molecule has 0 bridgehead atoms. The van der Waals surface area contributed by atoms with Gasteiger partial charge in [0.1, 0.15) is 41.1 Å². The third-order valence-electron chi connectivity index (χ3n) is 5.16. The molecule has 212 valence electrons. The van der Waals surface area contributed by atoms with E-state index < -0.39 is 52.8 Å². The third-order valence-corrected chi connectivity index (χ3v) is 7.18. The number of fused-ring (bicyclic) bond motifs is 1. The number of β-lactam (4-membered cyclic amide) rings is 1. The number of oxime groups is 1. The summed E-state index contributed by atoms with van der Waals surface area (Å²) in [5.41, 5.74) is 4.82. The SMILES string of the molecule is CC(=O)OCC1=C(C(=O)O)N2C(=O)C(NC(=O)C(=NOC(C)CC(=O)OC(C)(C)C)c3csc(N)n3)[C@@H]2SC1. The number of esters is 2. The lowest BCUT2D eigenvalue weighted by Gasteiger charge is -2.49. The molecule has 1 aromatic rings. The van der Waals surface area contributed by atoms with Crippen molar-refractivity contribution in [2.45, 2.75) is 64.2 Å². The summed E-state index contributed by atoms with van der Waals surface area (Å²) in [6, 6.07) is -1.06. The van der Waals surface area contributed by atoms with Gasteiger partial charge in [-0.05, 0) is 27.7 Å². The number of carbonyl (C=O) groups excluding carboxylic acids is 4. The monoisotopic (exact) mass is 583 g/mol. The molecule has 0 radical (unpaired) electrons. The summed E-state index contributed by atoms with van der Waals surface area (Å²) in [5, 5.41) is 17.1. The third kappa shape index (κ3) is 7.47. The van der Waals surface area contributed by atoms with Crippen molar-refractivity contribution in [1.29, 1.82) is 0 Å². The molecule has 3 atom stereocenters. The van der Waals surface area contributed by atoms with E-state index in [0.29, 0.717) is 0 Å². The van der Waals surface area contributed by atoms with Crippen LogP contribution in [0, 0.1) is 0 Å². The average Bonchev–Trinajstić information content (AvgIpc) is 3.24. The van der Waals surface area contributed by atoms with Gasteiger partial charge in [0.2, 0.25) is 0 Å². The van der Waals surface area contributed by atoms with Crippen LogP contribution in [-0.4, -0.2) is 85.9 Å². The van der Waals surface area contributed by atoms with Crippen LogP contribution < -0.4 is 11.1 Å². The Morgan fingerprint density at radius 3 is 2.59 bits per heavy atom. The molecule has 14 nitrogen and oxygen atoms in total. The van der Waals surface area contributed by atoms with E-state index in [1.54, 1.807) is 27.7 Å². The highest BCUT2D eigenvalue weighted by Crippen LogP contribution is 2.40. The van der Waals surface area contributed by atoms with Crippen molar-refractivity contribution in [2.75, 3.05) is 18.1 Å². The van der Waals surface area contributed by atoms with Crippen molar-refractivity contribution in [2.24, 2.45) is 5.16 Å². The van der Waals surface area contributed by atoms with E-state index in [-0.39, 0.29) is 46.6 Å². The van der Waals surface area contributed by atoms with Crippen LogP contribution in [0.25, 0.3) is 0 Å². The molecule has 1 aromatic heterocycles. The number of thiazole rings is 1. The van der Waals surface area contributed by atoms with E-state index >= 15 is 0 Å². The number of nitrogens with one attached hydrogen (secondary N) is 1. The number of nitrogens with zero attached hydrogens (tertiary/aromatic N) is 3.